The molecule has 20 heavy (non-hydrogen) atoms. The number of rotatable bonds is 2. The zero-order valence-electron chi connectivity index (χ0n) is 9.87. The minimum Gasteiger partial charge on any atom is -0.352 e. The van der Waals surface area contributed by atoms with Gasteiger partial charge in [0, 0.05) is 10.7 Å². The highest BCUT2D eigenvalue weighted by Gasteiger charge is 2.30. The maximum Gasteiger partial charge on any atom is 0.416 e. The molecule has 2 rings (SSSR count). The van der Waals surface area contributed by atoms with Crippen molar-refractivity contribution in [1.82, 2.24) is 4.98 Å². The van der Waals surface area contributed by atoms with Crippen molar-refractivity contribution in [1.29, 1.82) is 5.26 Å². The summed E-state index contributed by atoms with van der Waals surface area (Å²) in [7, 11) is 0. The first-order valence-corrected chi connectivity index (χ1v) is 6.20. The number of nitriles is 1. The molecule has 0 saturated heterocycles. The van der Waals surface area contributed by atoms with Gasteiger partial charge in [-0.2, -0.15) is 18.4 Å². The normalized spacial score (nSPS) is 10.9. The van der Waals surface area contributed by atoms with Crippen molar-refractivity contribution >= 4 is 27.3 Å². The summed E-state index contributed by atoms with van der Waals surface area (Å²) in [4.78, 5) is 3.83. The van der Waals surface area contributed by atoms with Crippen LogP contribution in [0.5, 0.6) is 0 Å². The zero-order valence-corrected chi connectivity index (χ0v) is 11.5. The van der Waals surface area contributed by atoms with E-state index < -0.39 is 11.7 Å². The fourth-order valence-electron chi connectivity index (χ4n) is 1.54. The molecule has 0 saturated carbocycles. The van der Waals surface area contributed by atoms with Crippen molar-refractivity contribution in [3.63, 3.8) is 0 Å². The summed E-state index contributed by atoms with van der Waals surface area (Å²) in [6.45, 7) is 0. The van der Waals surface area contributed by atoms with Gasteiger partial charge in [-0.1, -0.05) is 0 Å². The van der Waals surface area contributed by atoms with E-state index in [0.717, 1.165) is 12.1 Å². The van der Waals surface area contributed by atoms with Gasteiger partial charge in [0.05, 0.1) is 16.9 Å². The van der Waals surface area contributed by atoms with E-state index in [0.29, 0.717) is 10.2 Å². The molecule has 0 spiro atoms. The Bertz CT molecular complexity index is 677. The third-order valence-corrected chi connectivity index (χ3v) is 3.17. The second-order valence-electron chi connectivity index (χ2n) is 3.83. The molecule has 3 nitrogen and oxygen atoms in total. The number of pyridine rings is 1. The van der Waals surface area contributed by atoms with Crippen LogP contribution in [0, 0.1) is 11.3 Å². The lowest BCUT2D eigenvalue weighted by molar-refractivity contribution is -0.137. The summed E-state index contributed by atoms with van der Waals surface area (Å²) in [6, 6.07) is 8.27. The van der Waals surface area contributed by atoms with Crippen molar-refractivity contribution in [2.24, 2.45) is 0 Å². The SMILES string of the molecule is N#Cc1ncccc1Nc1cc(C(F)(F)F)ccc1Br. The largest absolute Gasteiger partial charge is 0.416 e. The predicted molar refractivity (Wildman–Crippen MR) is 71.4 cm³/mol. The van der Waals surface area contributed by atoms with Crippen molar-refractivity contribution in [3.05, 3.63) is 52.3 Å². The number of anilines is 2. The molecule has 0 radical (unpaired) electrons. The first-order chi connectivity index (χ1) is 9.41. The number of hydrogen-bond donors (Lipinski definition) is 1. The summed E-state index contributed by atoms with van der Waals surface area (Å²) in [6.07, 6.45) is -2.99. The monoisotopic (exact) mass is 341 g/mol. The highest BCUT2D eigenvalue weighted by molar-refractivity contribution is 9.10. The van der Waals surface area contributed by atoms with E-state index in [1.54, 1.807) is 12.1 Å². The van der Waals surface area contributed by atoms with Gasteiger partial charge in [-0.15, -0.1) is 0 Å². The molecule has 102 valence electrons. The third-order valence-electron chi connectivity index (χ3n) is 2.48. The molecule has 2 aromatic rings. The van der Waals surface area contributed by atoms with Gasteiger partial charge in [-0.3, -0.25) is 0 Å². The van der Waals surface area contributed by atoms with E-state index in [1.807, 2.05) is 6.07 Å². The van der Waals surface area contributed by atoms with Crippen molar-refractivity contribution in [2.75, 3.05) is 5.32 Å². The standard InChI is InChI=1S/C13H7BrF3N3/c14-9-4-3-8(13(15,16)17)6-11(9)20-10-2-1-5-19-12(10)7-18/h1-6,20H. The lowest BCUT2D eigenvalue weighted by atomic mass is 10.2. The minimum absolute atomic E-state index is 0.108. The lowest BCUT2D eigenvalue weighted by Gasteiger charge is -2.13. The molecule has 1 aromatic heterocycles. The van der Waals surface area contributed by atoms with Gasteiger partial charge >= 0.3 is 6.18 Å². The molecule has 0 aliphatic carbocycles. The molecular weight excluding hydrogens is 335 g/mol. The Morgan fingerprint density at radius 2 is 1.95 bits per heavy atom. The molecule has 1 N–H and O–H groups in total. The van der Waals surface area contributed by atoms with E-state index >= 15 is 0 Å². The number of aromatic nitrogens is 1. The molecule has 0 bridgehead atoms. The highest BCUT2D eigenvalue weighted by atomic mass is 79.9. The van der Waals surface area contributed by atoms with Crippen LogP contribution < -0.4 is 5.32 Å². The van der Waals surface area contributed by atoms with Crippen LogP contribution in [0.1, 0.15) is 11.3 Å². The Balaban J connectivity index is 2.41. The molecule has 0 atom stereocenters. The minimum atomic E-state index is -4.43. The van der Waals surface area contributed by atoms with Crippen LogP contribution in [0.25, 0.3) is 0 Å². The first kappa shape index (κ1) is 14.3. The van der Waals surface area contributed by atoms with Crippen LogP contribution in [0.3, 0.4) is 0 Å². The van der Waals surface area contributed by atoms with Gasteiger partial charge in [0.15, 0.2) is 5.69 Å². The quantitative estimate of drug-likeness (QED) is 0.876. The molecule has 0 aliphatic rings. The molecule has 0 unspecified atom stereocenters. The number of halogens is 4. The predicted octanol–water partition coefficient (Wildman–Crippen LogP) is 4.48. The number of benzene rings is 1. The Morgan fingerprint density at radius 3 is 2.60 bits per heavy atom. The molecule has 1 aromatic carbocycles. The summed E-state index contributed by atoms with van der Waals surface area (Å²) in [5.41, 5.74) is -0.109. The van der Waals surface area contributed by atoms with Crippen molar-refractivity contribution < 1.29 is 13.2 Å². The smallest absolute Gasteiger partial charge is 0.352 e. The third kappa shape index (κ3) is 3.08. The summed E-state index contributed by atoms with van der Waals surface area (Å²) >= 11 is 3.17. The van der Waals surface area contributed by atoms with Crippen LogP contribution in [-0.2, 0) is 6.18 Å². The van der Waals surface area contributed by atoms with Gasteiger partial charge < -0.3 is 5.32 Å². The fourth-order valence-corrected chi connectivity index (χ4v) is 1.88. The molecule has 0 amide bonds. The Kier molecular flexibility index (Phi) is 3.95. The molecule has 1 heterocycles. The van der Waals surface area contributed by atoms with E-state index in [1.165, 1.54) is 12.3 Å². The Hall–Kier alpha value is -2.07. The van der Waals surface area contributed by atoms with Gasteiger partial charge in [-0.05, 0) is 46.3 Å². The van der Waals surface area contributed by atoms with Gasteiger partial charge in [0.1, 0.15) is 6.07 Å². The summed E-state index contributed by atoms with van der Waals surface area (Å²) in [5.74, 6) is 0. The van der Waals surface area contributed by atoms with Crippen molar-refractivity contribution in [2.45, 2.75) is 6.18 Å². The molecule has 0 fully saturated rings. The topological polar surface area (TPSA) is 48.7 Å². The zero-order chi connectivity index (χ0) is 14.8. The maximum absolute atomic E-state index is 12.7. The number of nitrogens with one attached hydrogen (secondary N) is 1. The van der Waals surface area contributed by atoms with Gasteiger partial charge in [0.25, 0.3) is 0 Å². The molecular formula is C13H7BrF3N3. The average molecular weight is 342 g/mol. The summed E-state index contributed by atoms with van der Waals surface area (Å²) in [5, 5.41) is 11.7. The summed E-state index contributed by atoms with van der Waals surface area (Å²) < 4.78 is 38.5. The maximum atomic E-state index is 12.7. The van der Waals surface area contributed by atoms with E-state index in [4.69, 9.17) is 5.26 Å². The number of nitrogens with zero attached hydrogens (tertiary/aromatic N) is 2. The van der Waals surface area contributed by atoms with Crippen LogP contribution in [0.4, 0.5) is 24.5 Å². The van der Waals surface area contributed by atoms with E-state index in [9.17, 15) is 13.2 Å². The number of hydrogen-bond acceptors (Lipinski definition) is 3. The second kappa shape index (κ2) is 5.51. The molecule has 7 heteroatoms. The number of alkyl halides is 3. The Labute approximate surface area is 121 Å². The van der Waals surface area contributed by atoms with Crippen LogP contribution in [0.15, 0.2) is 41.0 Å². The van der Waals surface area contributed by atoms with Crippen LogP contribution in [0.2, 0.25) is 0 Å². The van der Waals surface area contributed by atoms with Gasteiger partial charge in [-0.25, -0.2) is 4.98 Å². The molecule has 0 aliphatic heterocycles. The van der Waals surface area contributed by atoms with E-state index in [2.05, 4.69) is 26.2 Å². The van der Waals surface area contributed by atoms with E-state index in [-0.39, 0.29) is 11.4 Å². The second-order valence-corrected chi connectivity index (χ2v) is 4.68. The van der Waals surface area contributed by atoms with Crippen molar-refractivity contribution in [3.8, 4) is 6.07 Å². The average Bonchev–Trinajstić information content (AvgIpc) is 2.40. The Morgan fingerprint density at radius 1 is 1.20 bits per heavy atom. The first-order valence-electron chi connectivity index (χ1n) is 5.40. The van der Waals surface area contributed by atoms with Gasteiger partial charge in [0.2, 0.25) is 0 Å². The van der Waals surface area contributed by atoms with Crippen LogP contribution >= 0.6 is 15.9 Å². The highest BCUT2D eigenvalue weighted by Crippen LogP contribution is 2.35. The lowest BCUT2D eigenvalue weighted by Crippen LogP contribution is -2.06. The fraction of sp³-hybridized carbons (Fsp3) is 0.0769. The van der Waals surface area contributed by atoms with Crippen LogP contribution in [-0.4, -0.2) is 4.98 Å².